The van der Waals surface area contributed by atoms with Crippen LogP contribution >= 0.6 is 0 Å². The largest absolute Gasteiger partial charge is 0.378 e. The van der Waals surface area contributed by atoms with Gasteiger partial charge in [0.15, 0.2) is 5.82 Å². The summed E-state index contributed by atoms with van der Waals surface area (Å²) in [6.45, 7) is 8.46. The minimum atomic E-state index is -2.76. The number of hydrogen-bond donors (Lipinski definition) is 1. The lowest BCUT2D eigenvalue weighted by molar-refractivity contribution is 0.108. The first-order valence-corrected chi connectivity index (χ1v) is 15.0. The van der Waals surface area contributed by atoms with E-state index in [1.165, 1.54) is 4.57 Å². The van der Waals surface area contributed by atoms with Crippen molar-refractivity contribution in [1.29, 1.82) is 0 Å². The number of fused-ring (bicyclic) bond motifs is 1. The van der Waals surface area contributed by atoms with Crippen molar-refractivity contribution in [1.82, 2.24) is 24.4 Å². The van der Waals surface area contributed by atoms with Crippen molar-refractivity contribution >= 4 is 22.8 Å². The molecule has 3 aromatic rings. The maximum atomic E-state index is 14.1. The molecule has 1 aromatic carbocycles. The van der Waals surface area contributed by atoms with Crippen LogP contribution in [0.2, 0.25) is 0 Å². The molecule has 2 aromatic heterocycles. The summed E-state index contributed by atoms with van der Waals surface area (Å²) in [5, 5.41) is 3.43. The minimum Gasteiger partial charge on any atom is -0.378 e. The van der Waals surface area contributed by atoms with E-state index in [4.69, 9.17) is 14.7 Å². The highest BCUT2D eigenvalue weighted by molar-refractivity contribution is 5.78. The van der Waals surface area contributed by atoms with E-state index >= 15 is 0 Å². The van der Waals surface area contributed by atoms with Crippen molar-refractivity contribution in [3.63, 3.8) is 0 Å². The number of morpholine rings is 1. The van der Waals surface area contributed by atoms with Crippen molar-refractivity contribution in [3.05, 3.63) is 36.2 Å². The minimum absolute atomic E-state index is 0.336. The molecule has 1 saturated carbocycles. The molecule has 224 valence electrons. The Balaban J connectivity index is 1.34. The van der Waals surface area contributed by atoms with Gasteiger partial charge in [0.25, 0.3) is 6.43 Å². The number of unbranched alkanes of at least 4 members (excludes halogenated alkanes) is 1. The van der Waals surface area contributed by atoms with E-state index in [0.29, 0.717) is 80.0 Å². The molecule has 3 heterocycles. The number of halogens is 3. The lowest BCUT2D eigenvalue weighted by atomic mass is 9.85. The fraction of sp³-hybridized carbons (Fsp3) is 0.633. The lowest BCUT2D eigenvalue weighted by Gasteiger charge is -2.37. The Morgan fingerprint density at radius 1 is 1.02 bits per heavy atom. The molecule has 41 heavy (non-hydrogen) atoms. The summed E-state index contributed by atoms with van der Waals surface area (Å²) in [6.07, 6.45) is 2.78. The first kappa shape index (κ1) is 29.6. The summed E-state index contributed by atoms with van der Waals surface area (Å²) in [6, 6.07) is 9.30. The van der Waals surface area contributed by atoms with Gasteiger partial charge < -0.3 is 15.0 Å². The molecule has 2 fully saturated rings. The highest BCUT2D eigenvalue weighted by Gasteiger charge is 2.27. The number of rotatable bonds is 12. The molecule has 1 unspecified atom stereocenters. The molecular formula is C30H42F3N7O. The van der Waals surface area contributed by atoms with Gasteiger partial charge in [0.1, 0.15) is 17.8 Å². The predicted molar refractivity (Wildman–Crippen MR) is 156 cm³/mol. The van der Waals surface area contributed by atoms with Gasteiger partial charge in [0.05, 0.1) is 24.2 Å². The zero-order valence-corrected chi connectivity index (χ0v) is 24.1. The Labute approximate surface area is 240 Å². The fourth-order valence-corrected chi connectivity index (χ4v) is 6.06. The van der Waals surface area contributed by atoms with Crippen LogP contribution in [0, 0.1) is 5.92 Å². The van der Waals surface area contributed by atoms with Crippen LogP contribution in [-0.4, -0.2) is 82.6 Å². The van der Waals surface area contributed by atoms with Crippen molar-refractivity contribution < 1.29 is 17.9 Å². The van der Waals surface area contributed by atoms with E-state index in [1.807, 2.05) is 6.07 Å². The number of imidazole rings is 1. The van der Waals surface area contributed by atoms with E-state index in [-0.39, 0.29) is 5.82 Å². The number of anilines is 2. The molecule has 1 N–H and O–H groups in total. The van der Waals surface area contributed by atoms with Gasteiger partial charge in [-0.25, -0.2) is 18.2 Å². The number of aromatic nitrogens is 4. The molecule has 1 saturated heterocycles. The molecular weight excluding hydrogens is 531 g/mol. The normalized spacial score (nSPS) is 20.7. The lowest BCUT2D eigenvalue weighted by Crippen LogP contribution is -2.42. The molecule has 0 bridgehead atoms. The van der Waals surface area contributed by atoms with E-state index in [9.17, 15) is 13.2 Å². The Morgan fingerprint density at radius 2 is 1.76 bits per heavy atom. The van der Waals surface area contributed by atoms with Crippen molar-refractivity contribution in [2.75, 3.05) is 56.2 Å². The Kier molecular flexibility index (Phi) is 9.97. The van der Waals surface area contributed by atoms with Gasteiger partial charge in [-0.2, -0.15) is 9.97 Å². The van der Waals surface area contributed by atoms with Crippen LogP contribution in [0.5, 0.6) is 0 Å². The summed E-state index contributed by atoms with van der Waals surface area (Å²) in [7, 11) is 0. The number of alkyl halides is 3. The summed E-state index contributed by atoms with van der Waals surface area (Å²) in [5.41, 5.74) is 1.07. The van der Waals surface area contributed by atoms with E-state index < -0.39 is 12.6 Å². The van der Waals surface area contributed by atoms with Crippen molar-refractivity contribution in [3.8, 4) is 5.82 Å². The molecule has 5 rings (SSSR count). The number of ether oxygens (including phenoxy) is 1. The number of hydrogen-bond acceptors (Lipinski definition) is 7. The Hall–Kier alpha value is -2.92. The average Bonchev–Trinajstić information content (AvgIpc) is 3.39. The van der Waals surface area contributed by atoms with Crippen molar-refractivity contribution in [2.24, 2.45) is 5.92 Å². The number of nitrogens with one attached hydrogen (secondary N) is 1. The average molecular weight is 574 g/mol. The van der Waals surface area contributed by atoms with Gasteiger partial charge in [-0.15, -0.1) is 0 Å². The van der Waals surface area contributed by atoms with Gasteiger partial charge in [0.2, 0.25) is 5.95 Å². The summed E-state index contributed by atoms with van der Waals surface area (Å²) in [4.78, 5) is 18.2. The third-order valence-electron chi connectivity index (χ3n) is 8.21. The summed E-state index contributed by atoms with van der Waals surface area (Å²) in [5.74, 6) is 1.56. The summed E-state index contributed by atoms with van der Waals surface area (Å²) >= 11 is 0. The van der Waals surface area contributed by atoms with Gasteiger partial charge in [0, 0.05) is 38.3 Å². The fourth-order valence-electron chi connectivity index (χ4n) is 6.06. The molecule has 11 heteroatoms. The SMILES string of the molecule is CCCCN(CC(C)F)C1CCC(CNc2nc(N3CCOCC3)cc(-n3c(C(F)F)nc4ccccc43)n2)CC1. The Morgan fingerprint density at radius 3 is 2.46 bits per heavy atom. The van der Waals surface area contributed by atoms with E-state index in [2.05, 4.69) is 27.0 Å². The zero-order chi connectivity index (χ0) is 28.8. The van der Waals surface area contributed by atoms with Gasteiger partial charge in [-0.3, -0.25) is 9.47 Å². The highest BCUT2D eigenvalue weighted by atomic mass is 19.3. The molecule has 0 amide bonds. The van der Waals surface area contributed by atoms with Gasteiger partial charge in [-0.1, -0.05) is 25.5 Å². The molecule has 1 aliphatic carbocycles. The zero-order valence-electron chi connectivity index (χ0n) is 24.1. The molecule has 8 nitrogen and oxygen atoms in total. The van der Waals surface area contributed by atoms with Gasteiger partial charge in [-0.05, 0) is 63.6 Å². The number of benzene rings is 1. The van der Waals surface area contributed by atoms with Crippen molar-refractivity contribution in [2.45, 2.75) is 71.0 Å². The van der Waals surface area contributed by atoms with Crippen LogP contribution in [0.25, 0.3) is 16.9 Å². The van der Waals surface area contributed by atoms with E-state index in [0.717, 1.165) is 45.1 Å². The molecule has 0 radical (unpaired) electrons. The van der Waals surface area contributed by atoms with Crippen LogP contribution in [0.1, 0.15) is 64.6 Å². The molecule has 1 atom stereocenters. The maximum Gasteiger partial charge on any atom is 0.296 e. The third-order valence-corrected chi connectivity index (χ3v) is 8.21. The molecule has 2 aliphatic rings. The maximum absolute atomic E-state index is 14.1. The number of para-hydroxylation sites is 2. The molecule has 1 aliphatic heterocycles. The first-order valence-electron chi connectivity index (χ1n) is 15.0. The third kappa shape index (κ3) is 7.30. The quantitative estimate of drug-likeness (QED) is 0.284. The van der Waals surface area contributed by atoms with Gasteiger partial charge >= 0.3 is 0 Å². The van der Waals surface area contributed by atoms with E-state index in [1.54, 1.807) is 31.2 Å². The first-order chi connectivity index (χ1) is 19.9. The topological polar surface area (TPSA) is 71.3 Å². The van der Waals surface area contributed by atoms with Crippen LogP contribution < -0.4 is 10.2 Å². The van der Waals surface area contributed by atoms with Crippen LogP contribution in [0.4, 0.5) is 24.9 Å². The Bertz CT molecular complexity index is 1260. The summed E-state index contributed by atoms with van der Waals surface area (Å²) < 4.78 is 49.1. The van der Waals surface area contributed by atoms with Crippen LogP contribution in [-0.2, 0) is 4.74 Å². The second-order valence-electron chi connectivity index (χ2n) is 11.3. The van der Waals surface area contributed by atoms with Crippen LogP contribution in [0.15, 0.2) is 30.3 Å². The smallest absolute Gasteiger partial charge is 0.296 e. The second kappa shape index (κ2) is 13.8. The monoisotopic (exact) mass is 573 g/mol. The predicted octanol–water partition coefficient (Wildman–Crippen LogP) is 6.02. The second-order valence-corrected chi connectivity index (χ2v) is 11.3. The standard InChI is InChI=1S/C30H42F3N7O/c1-3-4-13-39(20-21(2)31)23-11-9-22(10-12-23)19-34-30-36-26(38-14-16-41-17-15-38)18-27(37-30)40-25-8-6-5-7-24(25)35-29(40)28(32)33/h5-8,18,21-23,28H,3-4,9-17,19-20H2,1-2H3,(H,34,36,37). The highest BCUT2D eigenvalue weighted by Crippen LogP contribution is 2.31. The van der Waals surface area contributed by atoms with Crippen LogP contribution in [0.3, 0.4) is 0 Å². The molecule has 0 spiro atoms. The number of nitrogens with zero attached hydrogens (tertiary/aromatic N) is 6.